The van der Waals surface area contributed by atoms with Gasteiger partial charge >= 0.3 is 5.97 Å². The van der Waals surface area contributed by atoms with Crippen LogP contribution in [0.25, 0.3) is 6.08 Å². The highest BCUT2D eigenvalue weighted by molar-refractivity contribution is 5.94. The predicted octanol–water partition coefficient (Wildman–Crippen LogP) is 6.38. The largest absolute Gasteiger partial charge is 0.508 e. The van der Waals surface area contributed by atoms with Crippen molar-refractivity contribution in [3.8, 4) is 5.75 Å². The number of aromatic hydroxyl groups is 1. The van der Waals surface area contributed by atoms with Gasteiger partial charge in [-0.15, -0.1) is 0 Å². The van der Waals surface area contributed by atoms with Gasteiger partial charge < -0.3 is 29.5 Å². The zero-order chi connectivity index (χ0) is 30.0. The van der Waals surface area contributed by atoms with Crippen molar-refractivity contribution in [1.82, 2.24) is 0 Å². The van der Waals surface area contributed by atoms with Crippen molar-refractivity contribution >= 4 is 12.0 Å². The highest BCUT2D eigenvalue weighted by atomic mass is 16.7. The monoisotopic (exact) mass is 580 g/mol. The van der Waals surface area contributed by atoms with Crippen molar-refractivity contribution in [2.24, 2.45) is 17.8 Å². The number of phenolic OH excluding ortho intramolecular Hbond substituents is 1. The first-order valence-electron chi connectivity index (χ1n) is 15.8. The van der Waals surface area contributed by atoms with Crippen LogP contribution in [-0.4, -0.2) is 57.6 Å². The summed E-state index contributed by atoms with van der Waals surface area (Å²) in [4.78, 5) is 13.7. The van der Waals surface area contributed by atoms with E-state index >= 15 is 0 Å². The third-order valence-corrected chi connectivity index (χ3v) is 9.89. The van der Waals surface area contributed by atoms with Gasteiger partial charge in [-0.3, -0.25) is 0 Å². The molecule has 1 aromatic rings. The van der Waals surface area contributed by atoms with Gasteiger partial charge in [0.2, 0.25) is 0 Å². The molecule has 2 bridgehead atoms. The molecule has 7 nitrogen and oxygen atoms in total. The molecule has 1 spiro atoms. The van der Waals surface area contributed by atoms with Crippen LogP contribution in [-0.2, 0) is 14.2 Å². The van der Waals surface area contributed by atoms with E-state index in [0.717, 1.165) is 18.4 Å². The average Bonchev–Trinajstić information content (AvgIpc) is 2.96. The summed E-state index contributed by atoms with van der Waals surface area (Å²) in [6.45, 7) is 7.71. The first kappa shape index (κ1) is 31.0. The molecule has 1 aromatic carbocycles. The van der Waals surface area contributed by atoms with Crippen LogP contribution >= 0.6 is 0 Å². The number of phenols is 1. The van der Waals surface area contributed by atoms with E-state index in [4.69, 9.17) is 14.2 Å². The Hall–Kier alpha value is -2.45. The maximum absolute atomic E-state index is 13.7. The topological polar surface area (TPSA) is 105 Å². The number of hydrogen-bond donors (Lipinski definition) is 3. The SMILES string of the molecule is C/C1=C\C[C@@H]2C[C@@H](C[C@]3(C[C@@H](O)[C@H](C)[C@@H](C4CCCCC4)O3)O2)OC(=O)c2cc(C)c(O)cc2/C=C/C=C/[C@H](C)[C@@H]1O. The molecule has 4 aliphatic rings. The zero-order valence-electron chi connectivity index (χ0n) is 25.5. The van der Waals surface area contributed by atoms with Crippen LogP contribution in [0.3, 0.4) is 0 Å². The molecule has 1 aliphatic carbocycles. The van der Waals surface area contributed by atoms with Crippen LogP contribution in [0.15, 0.2) is 42.0 Å². The van der Waals surface area contributed by atoms with Gasteiger partial charge in [0.1, 0.15) is 11.9 Å². The molecule has 42 heavy (non-hydrogen) atoms. The third-order valence-electron chi connectivity index (χ3n) is 9.89. The molecule has 3 N–H and O–H groups in total. The Labute approximate surface area is 250 Å². The average molecular weight is 581 g/mol. The van der Waals surface area contributed by atoms with Crippen molar-refractivity contribution in [3.63, 3.8) is 0 Å². The fourth-order valence-electron chi connectivity index (χ4n) is 7.28. The van der Waals surface area contributed by atoms with Gasteiger partial charge in [-0.05, 0) is 67.9 Å². The van der Waals surface area contributed by atoms with Gasteiger partial charge in [0.05, 0.1) is 30.0 Å². The number of esters is 1. The molecule has 8 atom stereocenters. The molecule has 0 unspecified atom stereocenters. The van der Waals surface area contributed by atoms with Gasteiger partial charge in [0.15, 0.2) is 5.79 Å². The van der Waals surface area contributed by atoms with Crippen LogP contribution in [0.5, 0.6) is 5.75 Å². The molecular weight excluding hydrogens is 532 g/mol. The molecule has 3 heterocycles. The van der Waals surface area contributed by atoms with E-state index in [1.807, 2.05) is 32.1 Å². The Balaban J connectivity index is 1.50. The Bertz CT molecular complexity index is 1210. The van der Waals surface area contributed by atoms with Crippen molar-refractivity contribution in [1.29, 1.82) is 0 Å². The lowest BCUT2D eigenvalue weighted by Crippen LogP contribution is -2.59. The lowest BCUT2D eigenvalue weighted by atomic mass is 9.75. The van der Waals surface area contributed by atoms with Crippen molar-refractivity contribution < 1.29 is 34.3 Å². The predicted molar refractivity (Wildman–Crippen MR) is 162 cm³/mol. The zero-order valence-corrected chi connectivity index (χ0v) is 25.5. The summed E-state index contributed by atoms with van der Waals surface area (Å²) < 4.78 is 19.8. The summed E-state index contributed by atoms with van der Waals surface area (Å²) in [6.07, 6.45) is 14.6. The highest BCUT2D eigenvalue weighted by Gasteiger charge is 2.53. The number of allylic oxidation sites excluding steroid dienone is 2. The van der Waals surface area contributed by atoms with E-state index in [-0.39, 0.29) is 29.8 Å². The van der Waals surface area contributed by atoms with E-state index < -0.39 is 30.1 Å². The van der Waals surface area contributed by atoms with Crippen molar-refractivity contribution in [2.75, 3.05) is 0 Å². The standard InChI is InChI=1S/C35H48O7/c1-21-10-8-9-13-26-17-30(36)23(3)16-29(26)34(39)40-28-18-27(15-14-22(2)32(21)38)41-35(19-28)20-31(37)24(4)33(42-35)25-11-6-5-7-12-25/h8-10,13-14,16-17,21,24-25,27-28,31-33,36-38H,5-7,11-12,15,18-20H2,1-4H3/b10-8+,13-9+,22-14+/t21-,24-,27+,28-,31+,32-,33-,35-/m0/s1. The van der Waals surface area contributed by atoms with Gasteiger partial charge in [-0.2, -0.15) is 0 Å². The number of rotatable bonds is 1. The molecule has 2 saturated heterocycles. The molecular formula is C35H48O7. The smallest absolute Gasteiger partial charge is 0.339 e. The molecule has 7 heteroatoms. The lowest BCUT2D eigenvalue weighted by molar-refractivity contribution is -0.354. The number of aryl methyl sites for hydroxylation is 1. The third kappa shape index (κ3) is 6.85. The summed E-state index contributed by atoms with van der Waals surface area (Å²) in [5.74, 6) is -1.18. The van der Waals surface area contributed by atoms with E-state index in [9.17, 15) is 20.1 Å². The highest BCUT2D eigenvalue weighted by Crippen LogP contribution is 2.46. The minimum Gasteiger partial charge on any atom is -0.508 e. The molecule has 3 aliphatic heterocycles. The fraction of sp³-hybridized carbons (Fsp3) is 0.629. The Morgan fingerprint density at radius 2 is 1.71 bits per heavy atom. The fourth-order valence-corrected chi connectivity index (χ4v) is 7.28. The van der Waals surface area contributed by atoms with Crippen LogP contribution in [0.2, 0.25) is 0 Å². The number of fused-ring (bicyclic) bond motifs is 3. The number of hydrogen-bond acceptors (Lipinski definition) is 7. The normalized spacial score (nSPS) is 39.5. The second-order valence-corrected chi connectivity index (χ2v) is 13.2. The summed E-state index contributed by atoms with van der Waals surface area (Å²) in [6, 6.07) is 3.24. The summed E-state index contributed by atoms with van der Waals surface area (Å²) >= 11 is 0. The summed E-state index contributed by atoms with van der Waals surface area (Å²) in [7, 11) is 0. The Morgan fingerprint density at radius 3 is 2.48 bits per heavy atom. The second kappa shape index (κ2) is 13.0. The molecule has 5 rings (SSSR count). The van der Waals surface area contributed by atoms with Crippen LogP contribution in [0.4, 0.5) is 0 Å². The lowest BCUT2D eigenvalue weighted by Gasteiger charge is -2.53. The van der Waals surface area contributed by atoms with Crippen molar-refractivity contribution in [3.05, 3.63) is 58.7 Å². The number of aliphatic hydroxyl groups excluding tert-OH is 2. The number of aliphatic hydroxyl groups is 2. The summed E-state index contributed by atoms with van der Waals surface area (Å²) in [5, 5.41) is 32.7. The molecule has 3 fully saturated rings. The van der Waals surface area contributed by atoms with Crippen LogP contribution < -0.4 is 0 Å². The van der Waals surface area contributed by atoms with E-state index in [0.29, 0.717) is 48.3 Å². The Morgan fingerprint density at radius 1 is 0.952 bits per heavy atom. The minimum atomic E-state index is -1.06. The number of carbonyl (C=O) groups is 1. The number of carbonyl (C=O) groups excluding carboxylic acids is 1. The maximum Gasteiger partial charge on any atom is 0.339 e. The maximum atomic E-state index is 13.7. The van der Waals surface area contributed by atoms with Crippen LogP contribution in [0, 0.1) is 24.7 Å². The van der Waals surface area contributed by atoms with E-state index in [1.54, 1.807) is 31.2 Å². The number of ether oxygens (including phenoxy) is 3. The van der Waals surface area contributed by atoms with Gasteiger partial charge in [-0.25, -0.2) is 4.79 Å². The summed E-state index contributed by atoms with van der Waals surface area (Å²) in [5.41, 5.74) is 2.37. The van der Waals surface area contributed by atoms with Gasteiger partial charge in [0.25, 0.3) is 0 Å². The van der Waals surface area contributed by atoms with E-state index in [2.05, 4.69) is 6.92 Å². The van der Waals surface area contributed by atoms with Crippen LogP contribution in [0.1, 0.15) is 100 Å². The molecule has 0 amide bonds. The van der Waals surface area contributed by atoms with E-state index in [1.165, 1.54) is 19.3 Å². The van der Waals surface area contributed by atoms with Gasteiger partial charge in [-0.1, -0.05) is 63.5 Å². The molecule has 230 valence electrons. The first-order valence-corrected chi connectivity index (χ1v) is 15.8. The Kier molecular flexibility index (Phi) is 9.63. The van der Waals surface area contributed by atoms with Crippen molar-refractivity contribution in [2.45, 2.75) is 122 Å². The first-order chi connectivity index (χ1) is 20.0. The molecule has 0 aromatic heterocycles. The minimum absolute atomic E-state index is 0.00427. The second-order valence-electron chi connectivity index (χ2n) is 13.2. The van der Waals surface area contributed by atoms with Gasteiger partial charge in [0, 0.05) is 31.1 Å². The molecule has 0 radical (unpaired) electrons. The quantitative estimate of drug-likeness (QED) is 0.261. The number of benzene rings is 1. The molecule has 1 saturated carbocycles.